The summed E-state index contributed by atoms with van der Waals surface area (Å²) < 4.78 is 17.2. The van der Waals surface area contributed by atoms with E-state index in [4.69, 9.17) is 34.4 Å². The highest BCUT2D eigenvalue weighted by molar-refractivity contribution is 6.23. The summed E-state index contributed by atoms with van der Waals surface area (Å²) in [7, 11) is 0. The van der Waals surface area contributed by atoms with Gasteiger partial charge in [0.1, 0.15) is 17.4 Å². The van der Waals surface area contributed by atoms with Crippen LogP contribution in [0.2, 0.25) is 0 Å². The van der Waals surface area contributed by atoms with Gasteiger partial charge in [-0.3, -0.25) is 18.9 Å². The smallest absolute Gasteiger partial charge is 0.241 e. The van der Waals surface area contributed by atoms with E-state index in [2.05, 4.69) is 67.6 Å². The second-order valence-corrected chi connectivity index (χ2v) is 15.5. The molecule has 13 nitrogen and oxygen atoms in total. The molecule has 64 heavy (non-hydrogen) atoms. The Labute approximate surface area is 362 Å². The second-order valence-electron chi connectivity index (χ2n) is 15.5. The van der Waals surface area contributed by atoms with Crippen molar-refractivity contribution >= 4 is 89.3 Å². The maximum atomic E-state index is 6.48. The monoisotopic (exact) mass is 827 g/mol. The standard InChI is InChI=1S/C51H29N11O2/c1-3-15-36-30(13-1)32-25-26-33-31-14-2-4-16-37(31)62(47(33)46(32)61(36)48-53-28-34-35(55-48)27-52-29-54-34)51-57-49(59-38-17-5-9-21-42(38)63-43-22-10-6-18-39(43)59)56-50(58-51)60-40-19-7-11-23-44(40)64-45-24-12-8-20-41(45)60/h1-29H. The van der Waals surface area contributed by atoms with Crippen molar-refractivity contribution in [1.82, 2.24) is 44.0 Å². The summed E-state index contributed by atoms with van der Waals surface area (Å²) in [6, 6.07) is 52.8. The molecule has 13 heteroatoms. The fourth-order valence-electron chi connectivity index (χ4n) is 9.28. The summed E-state index contributed by atoms with van der Waals surface area (Å²) in [5.41, 5.74) is 8.04. The lowest BCUT2D eigenvalue weighted by atomic mass is 10.1. The predicted octanol–water partition coefficient (Wildman–Crippen LogP) is 11.9. The number of aromatic nitrogens is 9. The molecular formula is C51H29N11O2. The number of fused-ring (bicyclic) bond motifs is 12. The fraction of sp³-hybridized carbons (Fsp3) is 0. The Morgan fingerprint density at radius 1 is 0.344 bits per heavy atom. The Kier molecular flexibility index (Phi) is 7.08. The zero-order valence-corrected chi connectivity index (χ0v) is 33.5. The van der Waals surface area contributed by atoms with E-state index in [1.165, 1.54) is 6.33 Å². The van der Waals surface area contributed by atoms with Crippen molar-refractivity contribution in [1.29, 1.82) is 0 Å². The van der Waals surface area contributed by atoms with Crippen LogP contribution >= 0.6 is 0 Å². The summed E-state index contributed by atoms with van der Waals surface area (Å²) in [5, 5.41) is 4.09. The zero-order chi connectivity index (χ0) is 41.9. The Hall–Kier alpha value is -9.23. The van der Waals surface area contributed by atoms with Gasteiger partial charge in [0.25, 0.3) is 0 Å². The van der Waals surface area contributed by atoms with E-state index in [0.717, 1.165) is 66.4 Å². The molecule has 0 radical (unpaired) electrons. The minimum Gasteiger partial charge on any atom is -0.453 e. The number of nitrogens with zero attached hydrogens (tertiary/aromatic N) is 11. The lowest BCUT2D eigenvalue weighted by molar-refractivity contribution is 0.476. The maximum Gasteiger partial charge on any atom is 0.241 e. The van der Waals surface area contributed by atoms with Gasteiger partial charge in [-0.05, 0) is 60.7 Å². The van der Waals surface area contributed by atoms with E-state index in [1.807, 2.05) is 119 Å². The van der Waals surface area contributed by atoms with Crippen molar-refractivity contribution in [2.24, 2.45) is 0 Å². The molecule has 0 saturated heterocycles. The molecule has 12 aromatic rings. The third kappa shape index (κ3) is 4.91. The van der Waals surface area contributed by atoms with Gasteiger partial charge in [0.2, 0.25) is 23.8 Å². The quantitative estimate of drug-likeness (QED) is 0.168. The molecule has 0 spiro atoms. The van der Waals surface area contributed by atoms with Crippen LogP contribution in [0.4, 0.5) is 34.6 Å². The van der Waals surface area contributed by atoms with Crippen LogP contribution in [0, 0.1) is 0 Å². The van der Waals surface area contributed by atoms with Crippen LogP contribution in [-0.4, -0.2) is 44.0 Å². The Balaban J connectivity index is 1.13. The average Bonchev–Trinajstić information content (AvgIpc) is 3.88. The van der Waals surface area contributed by atoms with Crippen molar-refractivity contribution in [3.8, 4) is 34.9 Å². The molecule has 300 valence electrons. The fourth-order valence-corrected chi connectivity index (χ4v) is 9.28. The van der Waals surface area contributed by atoms with Gasteiger partial charge in [-0.25, -0.2) is 19.9 Å². The number of hydrogen-bond donors (Lipinski definition) is 0. The third-order valence-electron chi connectivity index (χ3n) is 12.0. The van der Waals surface area contributed by atoms with Crippen LogP contribution in [0.3, 0.4) is 0 Å². The van der Waals surface area contributed by atoms with Crippen LogP contribution in [0.5, 0.6) is 23.0 Å². The number of anilines is 6. The van der Waals surface area contributed by atoms with E-state index in [-0.39, 0.29) is 0 Å². The number of benzene rings is 7. The van der Waals surface area contributed by atoms with Gasteiger partial charge in [-0.15, -0.1) is 0 Å². The number of para-hydroxylation sites is 10. The second kappa shape index (κ2) is 13.1. The van der Waals surface area contributed by atoms with Crippen molar-refractivity contribution in [2.45, 2.75) is 0 Å². The first-order chi connectivity index (χ1) is 31.7. The van der Waals surface area contributed by atoms with Crippen LogP contribution in [0.15, 0.2) is 176 Å². The van der Waals surface area contributed by atoms with E-state index >= 15 is 0 Å². The van der Waals surface area contributed by atoms with Gasteiger partial charge >= 0.3 is 0 Å². The van der Waals surface area contributed by atoms with Crippen molar-refractivity contribution in [3.63, 3.8) is 0 Å². The van der Waals surface area contributed by atoms with Crippen LogP contribution in [-0.2, 0) is 0 Å². The highest BCUT2D eigenvalue weighted by atomic mass is 16.5. The largest absolute Gasteiger partial charge is 0.453 e. The molecule has 0 amide bonds. The summed E-state index contributed by atoms with van der Waals surface area (Å²) in [6.45, 7) is 0. The van der Waals surface area contributed by atoms with Gasteiger partial charge < -0.3 is 9.47 Å². The Bertz CT molecular complexity index is 3710. The summed E-state index contributed by atoms with van der Waals surface area (Å²) in [5.74, 6) is 4.36. The van der Waals surface area contributed by atoms with E-state index < -0.39 is 0 Å². The molecule has 0 unspecified atom stereocenters. The molecule has 2 aliphatic heterocycles. The Morgan fingerprint density at radius 2 is 0.781 bits per heavy atom. The molecule has 0 atom stereocenters. The molecular weight excluding hydrogens is 799 g/mol. The minimum absolute atomic E-state index is 0.390. The first-order valence-electron chi connectivity index (χ1n) is 20.7. The molecule has 0 bridgehead atoms. The molecule has 0 fully saturated rings. The SMILES string of the molecule is c1ccc2c(c1)Oc1ccccc1N2c1nc(N2c3ccccc3Oc3ccccc32)nc(-n2c3ccccc3c3ccc4c5ccccc5n(-c5ncc6ncncc6n5)c4c32)n1. The van der Waals surface area contributed by atoms with Gasteiger partial charge in [0.05, 0.1) is 57.2 Å². The highest BCUT2D eigenvalue weighted by Gasteiger charge is 2.33. The molecule has 2 aliphatic rings. The van der Waals surface area contributed by atoms with Gasteiger partial charge in [0, 0.05) is 21.5 Å². The lowest BCUT2D eigenvalue weighted by Gasteiger charge is -2.33. The van der Waals surface area contributed by atoms with Crippen LogP contribution in [0.1, 0.15) is 0 Å². The van der Waals surface area contributed by atoms with Crippen molar-refractivity contribution in [3.05, 3.63) is 176 Å². The number of ether oxygens (including phenoxy) is 2. The number of rotatable bonds is 4. The van der Waals surface area contributed by atoms with Gasteiger partial charge in [-0.1, -0.05) is 97.1 Å². The summed E-state index contributed by atoms with van der Waals surface area (Å²) >= 11 is 0. The van der Waals surface area contributed by atoms with Crippen LogP contribution < -0.4 is 19.3 Å². The molecule has 7 heterocycles. The van der Waals surface area contributed by atoms with Gasteiger partial charge in [0.15, 0.2) is 23.0 Å². The Morgan fingerprint density at radius 3 is 1.30 bits per heavy atom. The minimum atomic E-state index is 0.390. The molecule has 5 aromatic heterocycles. The van der Waals surface area contributed by atoms with Crippen LogP contribution in [0.25, 0.3) is 66.5 Å². The first kappa shape index (κ1) is 34.5. The van der Waals surface area contributed by atoms with Crippen molar-refractivity contribution in [2.75, 3.05) is 9.80 Å². The molecule has 14 rings (SSSR count). The van der Waals surface area contributed by atoms with E-state index in [1.54, 1.807) is 12.4 Å². The zero-order valence-electron chi connectivity index (χ0n) is 33.5. The molecule has 0 saturated carbocycles. The van der Waals surface area contributed by atoms with Crippen molar-refractivity contribution < 1.29 is 9.47 Å². The maximum absolute atomic E-state index is 6.48. The molecule has 0 aliphatic carbocycles. The molecule has 7 aromatic carbocycles. The first-order valence-corrected chi connectivity index (χ1v) is 20.7. The average molecular weight is 828 g/mol. The predicted molar refractivity (Wildman–Crippen MR) is 247 cm³/mol. The van der Waals surface area contributed by atoms with Gasteiger partial charge in [-0.2, -0.15) is 15.0 Å². The summed E-state index contributed by atoms with van der Waals surface area (Å²) in [4.78, 5) is 39.2. The lowest BCUT2D eigenvalue weighted by Crippen LogP contribution is -2.23. The van der Waals surface area contributed by atoms with E-state index in [9.17, 15) is 0 Å². The third-order valence-corrected chi connectivity index (χ3v) is 12.0. The van der Waals surface area contributed by atoms with E-state index in [0.29, 0.717) is 57.8 Å². The normalized spacial score (nSPS) is 12.9. The topological polar surface area (TPSA) is 125 Å². The summed E-state index contributed by atoms with van der Waals surface area (Å²) in [6.07, 6.45) is 4.97. The molecule has 0 N–H and O–H groups in total. The number of hydrogen-bond acceptors (Lipinski definition) is 11. The highest BCUT2D eigenvalue weighted by Crippen LogP contribution is 2.52.